The maximum absolute atomic E-state index is 8.73. The minimum absolute atomic E-state index is 0.195. The van der Waals surface area contributed by atoms with Gasteiger partial charge in [-0.05, 0) is 12.8 Å². The summed E-state index contributed by atoms with van der Waals surface area (Å²) in [4.78, 5) is 16.7. The van der Waals surface area contributed by atoms with Gasteiger partial charge in [0.2, 0.25) is 17.8 Å². The van der Waals surface area contributed by atoms with Crippen LogP contribution < -0.4 is 10.6 Å². The second-order valence-electron chi connectivity index (χ2n) is 3.86. The van der Waals surface area contributed by atoms with Crippen LogP contribution in [-0.2, 0) is 0 Å². The van der Waals surface area contributed by atoms with Gasteiger partial charge in [-0.3, -0.25) is 4.57 Å². The van der Waals surface area contributed by atoms with Crippen LogP contribution in [0.15, 0.2) is 18.7 Å². The molecule has 2 rings (SSSR count). The van der Waals surface area contributed by atoms with Gasteiger partial charge in [0, 0.05) is 32.6 Å². The molecule has 3 N–H and O–H groups in total. The average molecular weight is 263 g/mol. The van der Waals surface area contributed by atoms with Gasteiger partial charge < -0.3 is 15.7 Å². The van der Waals surface area contributed by atoms with Crippen molar-refractivity contribution in [2.45, 2.75) is 12.8 Å². The first-order valence-electron chi connectivity index (χ1n) is 6.10. The molecule has 102 valence electrons. The Bertz CT molecular complexity index is 500. The number of anilines is 2. The Morgan fingerprint density at radius 3 is 2.74 bits per heavy atom. The summed E-state index contributed by atoms with van der Waals surface area (Å²) in [6, 6.07) is 0. The number of imidazole rings is 1. The van der Waals surface area contributed by atoms with E-state index in [1.807, 2.05) is 0 Å². The molecule has 0 aliphatic rings. The lowest BCUT2D eigenvalue weighted by molar-refractivity contribution is 0.286. The molecule has 2 aromatic heterocycles. The van der Waals surface area contributed by atoms with Crippen LogP contribution in [0.4, 0.5) is 11.9 Å². The summed E-state index contributed by atoms with van der Waals surface area (Å²) in [6.45, 7) is 0.901. The first-order chi connectivity index (χ1) is 9.33. The lowest BCUT2D eigenvalue weighted by atomic mass is 10.3. The van der Waals surface area contributed by atoms with Gasteiger partial charge in [0.15, 0.2) is 0 Å². The summed E-state index contributed by atoms with van der Waals surface area (Å²) in [7, 11) is 1.75. The van der Waals surface area contributed by atoms with Crippen LogP contribution in [0.1, 0.15) is 12.8 Å². The van der Waals surface area contributed by atoms with Crippen LogP contribution in [0.25, 0.3) is 5.95 Å². The lowest BCUT2D eigenvalue weighted by Gasteiger charge is -2.08. The highest BCUT2D eigenvalue weighted by molar-refractivity contribution is 5.37. The van der Waals surface area contributed by atoms with Crippen molar-refractivity contribution in [3.05, 3.63) is 18.7 Å². The van der Waals surface area contributed by atoms with Crippen LogP contribution in [-0.4, -0.2) is 49.8 Å². The molecule has 0 saturated heterocycles. The van der Waals surface area contributed by atoms with Crippen molar-refractivity contribution in [1.82, 2.24) is 24.5 Å². The van der Waals surface area contributed by atoms with E-state index in [2.05, 4.69) is 30.6 Å². The van der Waals surface area contributed by atoms with E-state index >= 15 is 0 Å². The predicted molar refractivity (Wildman–Crippen MR) is 71.3 cm³/mol. The third-order valence-electron chi connectivity index (χ3n) is 2.45. The smallest absolute Gasteiger partial charge is 0.241 e. The Morgan fingerprint density at radius 1 is 1.21 bits per heavy atom. The molecule has 0 aromatic carbocycles. The molecule has 0 saturated carbocycles. The molecule has 0 spiro atoms. The third-order valence-corrected chi connectivity index (χ3v) is 2.45. The highest BCUT2D eigenvalue weighted by atomic mass is 16.2. The van der Waals surface area contributed by atoms with Crippen molar-refractivity contribution in [2.75, 3.05) is 30.8 Å². The Hall–Kier alpha value is -2.22. The standard InChI is InChI=1S/C11H17N7O/c1-12-9-15-10(14-4-2-3-7-19)17-11(16-9)18-6-5-13-8-18/h5-6,8,19H,2-4,7H2,1H3,(H2,12,14,15,16,17). The van der Waals surface area contributed by atoms with Crippen LogP contribution in [0, 0.1) is 0 Å². The van der Waals surface area contributed by atoms with Gasteiger partial charge in [0.1, 0.15) is 6.33 Å². The Morgan fingerprint density at radius 2 is 2.05 bits per heavy atom. The SMILES string of the molecule is CNc1nc(NCCCCO)nc(-n2ccnc2)n1. The number of nitrogens with zero attached hydrogens (tertiary/aromatic N) is 5. The molecule has 0 unspecified atom stereocenters. The van der Waals surface area contributed by atoms with E-state index in [4.69, 9.17) is 5.11 Å². The van der Waals surface area contributed by atoms with Crippen molar-refractivity contribution in [3.63, 3.8) is 0 Å². The molecule has 8 nitrogen and oxygen atoms in total. The van der Waals surface area contributed by atoms with E-state index in [9.17, 15) is 0 Å². The minimum atomic E-state index is 0.195. The monoisotopic (exact) mass is 263 g/mol. The van der Waals surface area contributed by atoms with Crippen LogP contribution in [0.2, 0.25) is 0 Å². The number of hydrogen-bond acceptors (Lipinski definition) is 7. The Balaban J connectivity index is 2.12. The molecule has 2 aromatic rings. The van der Waals surface area contributed by atoms with Crippen LogP contribution in [0.3, 0.4) is 0 Å². The van der Waals surface area contributed by atoms with Gasteiger partial charge >= 0.3 is 0 Å². The fourth-order valence-electron chi connectivity index (χ4n) is 1.49. The van der Waals surface area contributed by atoms with Crippen molar-refractivity contribution in [1.29, 1.82) is 0 Å². The van der Waals surface area contributed by atoms with Crippen LogP contribution >= 0.6 is 0 Å². The van der Waals surface area contributed by atoms with Crippen molar-refractivity contribution < 1.29 is 5.11 Å². The zero-order valence-electron chi connectivity index (χ0n) is 10.7. The Labute approximate surface area is 111 Å². The normalized spacial score (nSPS) is 10.4. The van der Waals surface area contributed by atoms with Crippen LogP contribution in [0.5, 0.6) is 0 Å². The van der Waals surface area contributed by atoms with E-state index in [1.54, 1.807) is 30.3 Å². The average Bonchev–Trinajstić information content (AvgIpc) is 2.97. The van der Waals surface area contributed by atoms with Gasteiger partial charge in [-0.15, -0.1) is 0 Å². The Kier molecular flexibility index (Phi) is 4.62. The molecule has 0 amide bonds. The number of aliphatic hydroxyl groups excluding tert-OH is 1. The fraction of sp³-hybridized carbons (Fsp3) is 0.455. The molecular weight excluding hydrogens is 246 g/mol. The summed E-state index contributed by atoms with van der Waals surface area (Å²) in [5.41, 5.74) is 0. The molecule has 0 radical (unpaired) electrons. The van der Waals surface area contributed by atoms with E-state index in [0.717, 1.165) is 12.8 Å². The number of aliphatic hydroxyl groups is 1. The number of unbranched alkanes of at least 4 members (excludes halogenated alkanes) is 1. The number of nitrogens with one attached hydrogen (secondary N) is 2. The highest BCUT2D eigenvalue weighted by Gasteiger charge is 2.06. The van der Waals surface area contributed by atoms with E-state index < -0.39 is 0 Å². The summed E-state index contributed by atoms with van der Waals surface area (Å²) in [6.07, 6.45) is 6.68. The third kappa shape index (κ3) is 3.62. The quantitative estimate of drug-likeness (QED) is 0.617. The maximum atomic E-state index is 8.73. The number of aromatic nitrogens is 5. The maximum Gasteiger partial charge on any atom is 0.241 e. The van der Waals surface area contributed by atoms with E-state index in [0.29, 0.717) is 24.4 Å². The van der Waals surface area contributed by atoms with Gasteiger partial charge in [0.05, 0.1) is 0 Å². The predicted octanol–water partition coefficient (Wildman–Crippen LogP) is 0.283. The number of rotatable bonds is 7. The van der Waals surface area contributed by atoms with E-state index in [1.165, 1.54) is 0 Å². The molecular formula is C11H17N7O. The van der Waals surface area contributed by atoms with Crippen molar-refractivity contribution >= 4 is 11.9 Å². The second kappa shape index (κ2) is 6.64. The zero-order chi connectivity index (χ0) is 13.5. The van der Waals surface area contributed by atoms with E-state index in [-0.39, 0.29) is 6.61 Å². The summed E-state index contributed by atoms with van der Waals surface area (Å²) >= 11 is 0. The van der Waals surface area contributed by atoms with Gasteiger partial charge in [-0.2, -0.15) is 15.0 Å². The molecule has 2 heterocycles. The topological polar surface area (TPSA) is 101 Å². The molecule has 0 aliphatic carbocycles. The summed E-state index contributed by atoms with van der Waals surface area (Å²) in [5.74, 6) is 1.49. The molecule has 0 fully saturated rings. The fourth-order valence-corrected chi connectivity index (χ4v) is 1.49. The van der Waals surface area contributed by atoms with Crippen molar-refractivity contribution in [2.24, 2.45) is 0 Å². The second-order valence-corrected chi connectivity index (χ2v) is 3.86. The van der Waals surface area contributed by atoms with Gasteiger partial charge in [0.25, 0.3) is 0 Å². The first kappa shape index (κ1) is 13.2. The molecule has 8 heteroatoms. The lowest BCUT2D eigenvalue weighted by Crippen LogP contribution is -2.11. The highest BCUT2D eigenvalue weighted by Crippen LogP contribution is 2.08. The molecule has 0 aliphatic heterocycles. The largest absolute Gasteiger partial charge is 0.396 e. The molecule has 19 heavy (non-hydrogen) atoms. The molecule has 0 atom stereocenters. The first-order valence-corrected chi connectivity index (χ1v) is 6.10. The molecule has 0 bridgehead atoms. The van der Waals surface area contributed by atoms with Gasteiger partial charge in [-0.1, -0.05) is 0 Å². The minimum Gasteiger partial charge on any atom is -0.396 e. The summed E-state index contributed by atoms with van der Waals surface area (Å²) < 4.78 is 1.71. The van der Waals surface area contributed by atoms with Crippen molar-refractivity contribution in [3.8, 4) is 5.95 Å². The zero-order valence-corrected chi connectivity index (χ0v) is 10.7. The number of hydrogen-bond donors (Lipinski definition) is 3. The van der Waals surface area contributed by atoms with Gasteiger partial charge in [-0.25, -0.2) is 4.98 Å². The summed E-state index contributed by atoms with van der Waals surface area (Å²) in [5, 5.41) is 14.7.